The maximum atomic E-state index is 12.8. The van der Waals surface area contributed by atoms with E-state index in [1.807, 2.05) is 0 Å². The Morgan fingerprint density at radius 3 is 3.15 bits per heavy atom. The van der Waals surface area contributed by atoms with E-state index >= 15 is 0 Å². The molecule has 1 N–H and O–H groups in total. The first-order valence-corrected chi connectivity index (χ1v) is 7.87. The monoisotopic (exact) mass is 270 g/mol. The maximum absolute atomic E-state index is 12.8. The van der Waals surface area contributed by atoms with Gasteiger partial charge >= 0.3 is 0 Å². The van der Waals surface area contributed by atoms with Crippen molar-refractivity contribution in [1.82, 2.24) is 10.2 Å². The van der Waals surface area contributed by atoms with Crippen LogP contribution in [0.4, 0.5) is 0 Å². The highest BCUT2D eigenvalue weighted by Gasteiger charge is 2.44. The number of hydrogen-bond donors (Lipinski definition) is 1. The Bertz CT molecular complexity index is 554. The van der Waals surface area contributed by atoms with Crippen LogP contribution < -0.4 is 5.32 Å². The Hall–Kier alpha value is -1.35. The molecule has 3 aliphatic rings. The zero-order valence-corrected chi connectivity index (χ0v) is 12.1. The average Bonchev–Trinajstić information content (AvgIpc) is 2.47. The van der Waals surface area contributed by atoms with Crippen LogP contribution in [0.5, 0.6) is 0 Å². The fraction of sp³-hybridized carbons (Fsp3) is 0.588. The third kappa shape index (κ3) is 1.80. The molecule has 3 heterocycles. The number of amides is 1. The van der Waals surface area contributed by atoms with Gasteiger partial charge in [0.2, 0.25) is 5.91 Å². The van der Waals surface area contributed by atoms with Crippen molar-refractivity contribution in [3.05, 3.63) is 34.9 Å². The minimum Gasteiger partial charge on any atom is -0.335 e. The molecule has 0 aromatic heterocycles. The number of carbonyl (C=O) groups excluding carboxylic acids is 1. The third-order valence-electron chi connectivity index (χ3n) is 5.32. The fourth-order valence-corrected chi connectivity index (χ4v) is 4.31. The Balaban J connectivity index is 1.71. The summed E-state index contributed by atoms with van der Waals surface area (Å²) < 4.78 is 0. The molecular formula is C17H22N2O. The van der Waals surface area contributed by atoms with Crippen molar-refractivity contribution in [3.63, 3.8) is 0 Å². The lowest BCUT2D eigenvalue weighted by atomic mass is 9.77. The molecule has 106 valence electrons. The lowest BCUT2D eigenvalue weighted by molar-refractivity contribution is -0.145. The molecule has 0 spiro atoms. The molecular weight excluding hydrogens is 248 g/mol. The van der Waals surface area contributed by atoms with Crippen LogP contribution in [0.1, 0.15) is 42.0 Å². The molecule has 1 amide bonds. The molecule has 0 bridgehead atoms. The molecule has 20 heavy (non-hydrogen) atoms. The Morgan fingerprint density at radius 2 is 2.25 bits per heavy atom. The van der Waals surface area contributed by atoms with E-state index in [4.69, 9.17) is 0 Å². The summed E-state index contributed by atoms with van der Waals surface area (Å²) in [5.74, 6) is 0.622. The molecule has 3 nitrogen and oxygen atoms in total. The van der Waals surface area contributed by atoms with Crippen LogP contribution in [0, 0.1) is 12.8 Å². The molecule has 3 aliphatic heterocycles. The molecule has 0 saturated carbocycles. The summed E-state index contributed by atoms with van der Waals surface area (Å²) in [6.07, 6.45) is 4.32. The third-order valence-corrected chi connectivity index (χ3v) is 5.32. The summed E-state index contributed by atoms with van der Waals surface area (Å²) in [4.78, 5) is 14.9. The second-order valence-electron chi connectivity index (χ2n) is 6.54. The number of carbonyl (C=O) groups is 1. The lowest BCUT2D eigenvalue weighted by Crippen LogP contribution is -2.57. The predicted octanol–water partition coefficient (Wildman–Crippen LogP) is 2.19. The van der Waals surface area contributed by atoms with Gasteiger partial charge in [0.25, 0.3) is 0 Å². The van der Waals surface area contributed by atoms with Crippen molar-refractivity contribution in [2.45, 2.75) is 44.7 Å². The topological polar surface area (TPSA) is 32.3 Å². The van der Waals surface area contributed by atoms with Gasteiger partial charge in [-0.3, -0.25) is 4.79 Å². The first kappa shape index (κ1) is 12.4. The van der Waals surface area contributed by atoms with E-state index in [2.05, 4.69) is 35.3 Å². The molecule has 1 aromatic carbocycles. The molecule has 3 heteroatoms. The number of piperidine rings is 2. The van der Waals surface area contributed by atoms with Crippen LogP contribution in [0.25, 0.3) is 0 Å². The van der Waals surface area contributed by atoms with E-state index in [9.17, 15) is 4.79 Å². The number of hydrogen-bond acceptors (Lipinski definition) is 2. The number of nitrogens with one attached hydrogen (secondary N) is 1. The minimum absolute atomic E-state index is 0.229. The van der Waals surface area contributed by atoms with Crippen molar-refractivity contribution < 1.29 is 4.79 Å². The van der Waals surface area contributed by atoms with Crippen LogP contribution in [0.15, 0.2) is 18.2 Å². The number of fused-ring (bicyclic) bond motifs is 4. The summed E-state index contributed by atoms with van der Waals surface area (Å²) in [5, 5.41) is 3.58. The molecule has 3 atom stereocenters. The highest BCUT2D eigenvalue weighted by Crippen LogP contribution is 2.41. The molecule has 0 aliphatic carbocycles. The lowest BCUT2D eigenvalue weighted by Gasteiger charge is -2.48. The normalized spacial score (nSPS) is 32.4. The average molecular weight is 270 g/mol. The molecule has 2 saturated heterocycles. The highest BCUT2D eigenvalue weighted by molar-refractivity contribution is 5.81. The van der Waals surface area contributed by atoms with Crippen molar-refractivity contribution in [2.24, 2.45) is 5.92 Å². The standard InChI is InChI=1S/C17H22N2O/c1-11-4-5-13-12(9-11)6-8-19-16(13)10-15-14(17(19)20)3-2-7-18-15/h4-5,9,14-16,18H,2-3,6-8,10H2,1H3. The number of benzene rings is 1. The maximum Gasteiger partial charge on any atom is 0.227 e. The number of rotatable bonds is 0. The largest absolute Gasteiger partial charge is 0.335 e. The Labute approximate surface area is 120 Å². The molecule has 3 unspecified atom stereocenters. The summed E-state index contributed by atoms with van der Waals surface area (Å²) >= 11 is 0. The van der Waals surface area contributed by atoms with Crippen LogP contribution in [0.2, 0.25) is 0 Å². The number of nitrogens with zero attached hydrogens (tertiary/aromatic N) is 1. The van der Waals surface area contributed by atoms with Gasteiger partial charge in [0.15, 0.2) is 0 Å². The summed E-state index contributed by atoms with van der Waals surface area (Å²) in [6, 6.07) is 7.44. The Kier molecular flexibility index (Phi) is 2.84. The summed E-state index contributed by atoms with van der Waals surface area (Å²) in [5.41, 5.74) is 4.17. The van der Waals surface area contributed by atoms with E-state index < -0.39 is 0 Å². The van der Waals surface area contributed by atoms with Gasteiger partial charge in [-0.1, -0.05) is 23.8 Å². The van der Waals surface area contributed by atoms with E-state index in [1.165, 1.54) is 16.7 Å². The number of aryl methyl sites for hydroxylation is 1. The van der Waals surface area contributed by atoms with Crippen molar-refractivity contribution in [2.75, 3.05) is 13.1 Å². The van der Waals surface area contributed by atoms with Crippen LogP contribution >= 0.6 is 0 Å². The first-order valence-electron chi connectivity index (χ1n) is 7.87. The molecule has 1 aromatic rings. The van der Waals surface area contributed by atoms with Crippen LogP contribution in [0.3, 0.4) is 0 Å². The van der Waals surface area contributed by atoms with E-state index in [-0.39, 0.29) is 5.92 Å². The van der Waals surface area contributed by atoms with Crippen LogP contribution in [-0.2, 0) is 11.2 Å². The second-order valence-corrected chi connectivity index (χ2v) is 6.54. The highest BCUT2D eigenvalue weighted by atomic mass is 16.2. The van der Waals surface area contributed by atoms with Crippen molar-refractivity contribution in [3.8, 4) is 0 Å². The molecule has 4 rings (SSSR count). The van der Waals surface area contributed by atoms with Gasteiger partial charge in [-0.2, -0.15) is 0 Å². The van der Waals surface area contributed by atoms with Crippen molar-refractivity contribution >= 4 is 5.91 Å². The molecule has 2 fully saturated rings. The van der Waals surface area contributed by atoms with E-state index in [0.717, 1.165) is 38.8 Å². The van der Waals surface area contributed by atoms with E-state index in [0.29, 0.717) is 18.0 Å². The van der Waals surface area contributed by atoms with Gasteiger partial charge in [0.05, 0.1) is 12.0 Å². The first-order chi connectivity index (χ1) is 9.74. The minimum atomic E-state index is 0.229. The zero-order chi connectivity index (χ0) is 13.7. The van der Waals surface area contributed by atoms with E-state index in [1.54, 1.807) is 0 Å². The predicted molar refractivity (Wildman–Crippen MR) is 78.5 cm³/mol. The van der Waals surface area contributed by atoms with Gasteiger partial charge < -0.3 is 10.2 Å². The quantitative estimate of drug-likeness (QED) is 0.784. The SMILES string of the molecule is Cc1ccc2c(c1)CCN1C(=O)C3CCCNC3CC21. The second kappa shape index (κ2) is 4.59. The fourth-order valence-electron chi connectivity index (χ4n) is 4.31. The van der Waals surface area contributed by atoms with Crippen molar-refractivity contribution in [1.29, 1.82) is 0 Å². The van der Waals surface area contributed by atoms with Gasteiger partial charge in [-0.05, 0) is 50.3 Å². The smallest absolute Gasteiger partial charge is 0.227 e. The molecule has 0 radical (unpaired) electrons. The van der Waals surface area contributed by atoms with Gasteiger partial charge in [0, 0.05) is 12.6 Å². The van der Waals surface area contributed by atoms with Crippen LogP contribution in [-0.4, -0.2) is 29.9 Å². The van der Waals surface area contributed by atoms with Gasteiger partial charge in [-0.25, -0.2) is 0 Å². The Morgan fingerprint density at radius 1 is 1.35 bits per heavy atom. The summed E-state index contributed by atoms with van der Waals surface area (Å²) in [7, 11) is 0. The van der Waals surface area contributed by atoms with Gasteiger partial charge in [-0.15, -0.1) is 0 Å². The summed E-state index contributed by atoms with van der Waals surface area (Å²) in [6.45, 7) is 4.13. The van der Waals surface area contributed by atoms with Gasteiger partial charge in [0.1, 0.15) is 0 Å². The zero-order valence-electron chi connectivity index (χ0n) is 12.1.